The van der Waals surface area contributed by atoms with E-state index in [1.54, 1.807) is 34.0 Å². The summed E-state index contributed by atoms with van der Waals surface area (Å²) < 4.78 is 6.02. The Labute approximate surface area is 281 Å². The molecular formula is C40H22N4S3. The van der Waals surface area contributed by atoms with Gasteiger partial charge < -0.3 is 0 Å². The predicted octanol–water partition coefficient (Wildman–Crippen LogP) is 11.9. The number of nitrogens with zero attached hydrogens (tertiary/aromatic N) is 4. The topological polar surface area (TPSA) is 51.6 Å². The molecule has 0 atom stereocenters. The van der Waals surface area contributed by atoms with Gasteiger partial charge in [0.2, 0.25) is 0 Å². The van der Waals surface area contributed by atoms with Crippen molar-refractivity contribution in [2.24, 2.45) is 0 Å². The zero-order valence-corrected chi connectivity index (χ0v) is 27.2. The van der Waals surface area contributed by atoms with Crippen molar-refractivity contribution in [1.29, 1.82) is 0 Å². The average molecular weight is 655 g/mol. The Kier molecular flexibility index (Phi) is 6.05. The number of thiazole rings is 1. The molecule has 0 bridgehead atoms. The number of aromatic nitrogens is 4. The fourth-order valence-electron chi connectivity index (χ4n) is 6.48. The van der Waals surface area contributed by atoms with Crippen molar-refractivity contribution >= 4 is 84.6 Å². The van der Waals surface area contributed by atoms with Gasteiger partial charge in [-0.1, -0.05) is 109 Å². The van der Waals surface area contributed by atoms with Gasteiger partial charge in [0.25, 0.3) is 0 Å². The van der Waals surface area contributed by atoms with E-state index in [1.807, 2.05) is 24.3 Å². The van der Waals surface area contributed by atoms with Crippen molar-refractivity contribution in [3.05, 3.63) is 133 Å². The van der Waals surface area contributed by atoms with Crippen LogP contribution in [0.15, 0.2) is 133 Å². The minimum absolute atomic E-state index is 0.634. The third kappa shape index (κ3) is 4.32. The lowest BCUT2D eigenvalue weighted by molar-refractivity contribution is 1.08. The minimum atomic E-state index is 0.634. The number of thiophene rings is 2. The van der Waals surface area contributed by atoms with Gasteiger partial charge in [-0.3, -0.25) is 0 Å². The summed E-state index contributed by atoms with van der Waals surface area (Å²) in [5.41, 5.74) is 4.92. The Morgan fingerprint density at radius 1 is 0.383 bits per heavy atom. The fraction of sp³-hybridized carbons (Fsp3) is 0. The second kappa shape index (κ2) is 10.6. The Morgan fingerprint density at radius 3 is 1.74 bits per heavy atom. The molecule has 7 heteroatoms. The summed E-state index contributed by atoms with van der Waals surface area (Å²) >= 11 is 5.32. The van der Waals surface area contributed by atoms with Crippen molar-refractivity contribution in [1.82, 2.24) is 19.9 Å². The van der Waals surface area contributed by atoms with Crippen molar-refractivity contribution in [2.45, 2.75) is 0 Å². The first-order valence-corrected chi connectivity index (χ1v) is 17.8. The van der Waals surface area contributed by atoms with Crippen LogP contribution in [0.2, 0.25) is 0 Å². The highest BCUT2D eigenvalue weighted by Crippen LogP contribution is 2.46. The standard InChI is InChI=1S/C40H22N4S3/c1-3-12-23(13-4-1)37-42-38(27-18-11-21-30-33(27)25-16-7-9-19-28(25)45-30)44-39(43-37)35-34-26-17-8-10-20-29(26)46-31(34)22-32-36(35)41-40(47-32)24-14-5-2-6-15-24/h1-22H. The molecular weight excluding hydrogens is 633 g/mol. The molecule has 0 aliphatic rings. The summed E-state index contributed by atoms with van der Waals surface area (Å²) in [6.07, 6.45) is 0. The molecule has 0 aliphatic carbocycles. The van der Waals surface area contributed by atoms with Crippen LogP contribution >= 0.6 is 34.0 Å². The van der Waals surface area contributed by atoms with E-state index < -0.39 is 0 Å². The Morgan fingerprint density at radius 2 is 0.979 bits per heavy atom. The quantitative estimate of drug-likeness (QED) is 0.189. The van der Waals surface area contributed by atoms with Crippen LogP contribution < -0.4 is 0 Å². The molecule has 6 aromatic carbocycles. The zero-order valence-electron chi connectivity index (χ0n) is 24.7. The molecule has 0 N–H and O–H groups in total. The smallest absolute Gasteiger partial charge is 0.167 e. The van der Waals surface area contributed by atoms with Gasteiger partial charge in [0.15, 0.2) is 17.5 Å². The molecule has 0 saturated carbocycles. The van der Waals surface area contributed by atoms with Crippen molar-refractivity contribution < 1.29 is 0 Å². The first-order valence-electron chi connectivity index (χ1n) is 15.3. The molecule has 4 aromatic heterocycles. The Balaban J connectivity index is 1.33. The summed E-state index contributed by atoms with van der Waals surface area (Å²) in [7, 11) is 0. The predicted molar refractivity (Wildman–Crippen MR) is 201 cm³/mol. The molecule has 0 radical (unpaired) electrons. The first-order chi connectivity index (χ1) is 23.3. The van der Waals surface area contributed by atoms with Gasteiger partial charge in [0, 0.05) is 57.0 Å². The third-order valence-electron chi connectivity index (χ3n) is 8.58. The van der Waals surface area contributed by atoms with E-state index in [9.17, 15) is 0 Å². The number of hydrogen-bond donors (Lipinski definition) is 0. The zero-order chi connectivity index (χ0) is 30.9. The molecule has 4 nitrogen and oxygen atoms in total. The molecule has 10 rings (SSSR count). The van der Waals surface area contributed by atoms with Gasteiger partial charge in [-0.2, -0.15) is 0 Å². The van der Waals surface area contributed by atoms with Crippen LogP contribution in [0.1, 0.15) is 0 Å². The van der Waals surface area contributed by atoms with E-state index in [2.05, 4.69) is 109 Å². The van der Waals surface area contributed by atoms with Crippen LogP contribution in [0.5, 0.6) is 0 Å². The van der Waals surface area contributed by atoms with Crippen LogP contribution in [-0.4, -0.2) is 19.9 Å². The second-order valence-electron chi connectivity index (χ2n) is 11.4. The van der Waals surface area contributed by atoms with E-state index in [4.69, 9.17) is 19.9 Å². The molecule has 4 heterocycles. The number of fused-ring (bicyclic) bond motifs is 7. The van der Waals surface area contributed by atoms with Crippen molar-refractivity contribution in [3.63, 3.8) is 0 Å². The van der Waals surface area contributed by atoms with Gasteiger partial charge in [-0.05, 0) is 24.3 Å². The normalized spacial score (nSPS) is 11.8. The van der Waals surface area contributed by atoms with E-state index >= 15 is 0 Å². The molecule has 47 heavy (non-hydrogen) atoms. The van der Waals surface area contributed by atoms with E-state index in [0.29, 0.717) is 17.5 Å². The summed E-state index contributed by atoms with van der Waals surface area (Å²) in [6.45, 7) is 0. The van der Waals surface area contributed by atoms with Crippen LogP contribution in [0.3, 0.4) is 0 Å². The number of hydrogen-bond acceptors (Lipinski definition) is 7. The van der Waals surface area contributed by atoms with Gasteiger partial charge in [0.05, 0.1) is 15.8 Å². The lowest BCUT2D eigenvalue weighted by Gasteiger charge is -2.11. The minimum Gasteiger partial charge on any atom is -0.235 e. The molecule has 220 valence electrons. The largest absolute Gasteiger partial charge is 0.235 e. The molecule has 0 aliphatic heterocycles. The van der Waals surface area contributed by atoms with Crippen molar-refractivity contribution in [3.8, 4) is 44.7 Å². The average Bonchev–Trinajstić information content (AvgIpc) is 3.84. The molecule has 0 fully saturated rings. The van der Waals surface area contributed by atoms with Crippen LogP contribution in [-0.2, 0) is 0 Å². The maximum atomic E-state index is 5.36. The molecule has 0 amide bonds. The SMILES string of the molecule is c1ccc(-c2nc(-c3cccc4sc5ccccc5c34)nc(-c3c4nc(-c5ccccc5)sc4cc4sc5ccccc5c34)n2)cc1. The highest BCUT2D eigenvalue weighted by atomic mass is 32.1. The Hall–Kier alpha value is -5.34. The second-order valence-corrected chi connectivity index (χ2v) is 14.6. The molecule has 10 aromatic rings. The highest BCUT2D eigenvalue weighted by Gasteiger charge is 2.23. The maximum absolute atomic E-state index is 5.36. The van der Waals surface area contributed by atoms with Gasteiger partial charge in [-0.25, -0.2) is 19.9 Å². The van der Waals surface area contributed by atoms with Crippen molar-refractivity contribution in [2.75, 3.05) is 0 Å². The summed E-state index contributed by atoms with van der Waals surface area (Å²) in [4.78, 5) is 21.1. The summed E-state index contributed by atoms with van der Waals surface area (Å²) in [5, 5.41) is 5.70. The number of rotatable bonds is 4. The van der Waals surface area contributed by atoms with E-state index in [1.165, 1.54) is 35.0 Å². The van der Waals surface area contributed by atoms with Gasteiger partial charge in [-0.15, -0.1) is 34.0 Å². The maximum Gasteiger partial charge on any atom is 0.167 e. The summed E-state index contributed by atoms with van der Waals surface area (Å²) in [5.74, 6) is 1.94. The third-order valence-corrected chi connectivity index (χ3v) is 11.9. The van der Waals surface area contributed by atoms with Crippen LogP contribution in [0, 0.1) is 0 Å². The summed E-state index contributed by atoms with van der Waals surface area (Å²) in [6, 6.07) is 46.5. The highest BCUT2D eigenvalue weighted by molar-refractivity contribution is 7.27. The lowest BCUT2D eigenvalue weighted by Crippen LogP contribution is -2.01. The van der Waals surface area contributed by atoms with E-state index in [-0.39, 0.29) is 0 Å². The monoisotopic (exact) mass is 654 g/mol. The van der Waals surface area contributed by atoms with Gasteiger partial charge in [0.1, 0.15) is 5.01 Å². The molecule has 0 saturated heterocycles. The first kappa shape index (κ1) is 26.8. The fourth-order valence-corrected chi connectivity index (χ4v) is 9.86. The van der Waals surface area contributed by atoms with Gasteiger partial charge >= 0.3 is 0 Å². The lowest BCUT2D eigenvalue weighted by atomic mass is 10.0. The molecule has 0 unspecified atom stereocenters. The number of benzene rings is 6. The molecule has 0 spiro atoms. The van der Waals surface area contributed by atoms with Crippen LogP contribution in [0.25, 0.3) is 95.3 Å². The Bertz CT molecular complexity index is 2800. The van der Waals surface area contributed by atoms with Crippen LogP contribution in [0.4, 0.5) is 0 Å². The van der Waals surface area contributed by atoms with E-state index in [0.717, 1.165) is 42.9 Å².